The van der Waals surface area contributed by atoms with Crippen LogP contribution in [0.4, 0.5) is 5.69 Å². The van der Waals surface area contributed by atoms with E-state index in [9.17, 15) is 14.9 Å². The van der Waals surface area contributed by atoms with Crippen molar-refractivity contribution in [1.82, 2.24) is 9.97 Å². The average molecular weight is 245 g/mol. The first-order valence-electron chi connectivity index (χ1n) is 4.88. The third-order valence-corrected chi connectivity index (χ3v) is 2.24. The zero-order valence-electron chi connectivity index (χ0n) is 8.98. The molecule has 0 fully saturated rings. The number of benzene rings is 1. The summed E-state index contributed by atoms with van der Waals surface area (Å²) in [7, 11) is 0. The minimum atomic E-state index is -1.11. The molecule has 0 amide bonds. The molecule has 0 unspecified atom stereocenters. The molecule has 2 rings (SSSR count). The summed E-state index contributed by atoms with van der Waals surface area (Å²) in [4.78, 5) is 28.4. The Morgan fingerprint density at radius 2 is 1.72 bits per heavy atom. The molecule has 1 heterocycles. The Morgan fingerprint density at radius 1 is 1.17 bits per heavy atom. The maximum absolute atomic E-state index is 10.6. The van der Waals surface area contributed by atoms with E-state index in [1.165, 1.54) is 36.7 Å². The molecule has 0 bridgehead atoms. The molecule has 0 spiro atoms. The lowest BCUT2D eigenvalue weighted by atomic mass is 10.2. The molecular formula is C11H7N3O4. The molecule has 2 aromatic rings. The van der Waals surface area contributed by atoms with E-state index in [1.54, 1.807) is 0 Å². The topological polar surface area (TPSA) is 106 Å². The fraction of sp³-hybridized carbons (Fsp3) is 0. The zero-order chi connectivity index (χ0) is 13.1. The Morgan fingerprint density at radius 3 is 2.17 bits per heavy atom. The van der Waals surface area contributed by atoms with E-state index >= 15 is 0 Å². The van der Waals surface area contributed by atoms with Crippen molar-refractivity contribution >= 4 is 11.7 Å². The first-order valence-corrected chi connectivity index (χ1v) is 4.88. The summed E-state index contributed by atoms with van der Waals surface area (Å²) in [5.74, 6) is -0.792. The van der Waals surface area contributed by atoms with Gasteiger partial charge in [-0.25, -0.2) is 14.8 Å². The molecule has 18 heavy (non-hydrogen) atoms. The molecule has 7 heteroatoms. The van der Waals surface area contributed by atoms with E-state index in [-0.39, 0.29) is 11.3 Å². The van der Waals surface area contributed by atoms with Gasteiger partial charge in [0.1, 0.15) is 0 Å². The summed E-state index contributed by atoms with van der Waals surface area (Å²) in [6.07, 6.45) is 2.37. The monoisotopic (exact) mass is 245 g/mol. The Labute approximate surface area is 101 Å². The smallest absolute Gasteiger partial charge is 0.338 e. The lowest BCUT2D eigenvalue weighted by molar-refractivity contribution is -0.384. The standard InChI is InChI=1S/C11H7N3O4/c15-11(16)8-5-12-10(13-6-8)7-1-3-9(4-2-7)14(17)18/h1-6H,(H,15,16). The van der Waals surface area contributed by atoms with E-state index in [1.807, 2.05) is 0 Å². The van der Waals surface area contributed by atoms with Gasteiger partial charge in [0.05, 0.1) is 10.5 Å². The lowest BCUT2D eigenvalue weighted by Gasteiger charge is -1.99. The number of rotatable bonds is 3. The predicted molar refractivity (Wildman–Crippen MR) is 61.1 cm³/mol. The van der Waals surface area contributed by atoms with Crippen molar-refractivity contribution in [2.75, 3.05) is 0 Å². The number of carboxylic acid groups (broad SMARTS) is 1. The molecule has 7 nitrogen and oxygen atoms in total. The fourth-order valence-electron chi connectivity index (χ4n) is 1.32. The molecule has 0 aliphatic rings. The van der Waals surface area contributed by atoms with Gasteiger partial charge in [-0.15, -0.1) is 0 Å². The first-order chi connectivity index (χ1) is 8.58. The highest BCUT2D eigenvalue weighted by atomic mass is 16.6. The molecule has 0 aliphatic heterocycles. The third-order valence-electron chi connectivity index (χ3n) is 2.24. The summed E-state index contributed by atoms with van der Waals surface area (Å²) in [6, 6.07) is 5.69. The normalized spacial score (nSPS) is 10.0. The molecule has 0 saturated carbocycles. The number of carbonyl (C=O) groups is 1. The molecule has 1 aromatic heterocycles. The van der Waals surface area contributed by atoms with Crippen molar-refractivity contribution in [1.29, 1.82) is 0 Å². The number of hydrogen-bond donors (Lipinski definition) is 1. The molecule has 0 radical (unpaired) electrons. The number of non-ortho nitro benzene ring substituents is 1. The molecule has 0 aliphatic carbocycles. The van der Waals surface area contributed by atoms with Crippen LogP contribution in [0.1, 0.15) is 10.4 Å². The van der Waals surface area contributed by atoms with Gasteiger partial charge >= 0.3 is 5.97 Å². The van der Waals surface area contributed by atoms with Gasteiger partial charge in [-0.05, 0) is 12.1 Å². The van der Waals surface area contributed by atoms with Crippen molar-refractivity contribution in [3.05, 3.63) is 52.3 Å². The second kappa shape index (κ2) is 4.58. The SMILES string of the molecule is O=C(O)c1cnc(-c2ccc([N+](=O)[O-])cc2)nc1. The second-order valence-electron chi connectivity index (χ2n) is 3.40. The number of nitrogens with zero attached hydrogens (tertiary/aromatic N) is 3. The highest BCUT2D eigenvalue weighted by molar-refractivity contribution is 5.86. The number of aromatic carboxylic acids is 1. The summed E-state index contributed by atoms with van der Waals surface area (Å²) in [5.41, 5.74) is 0.541. The number of aromatic nitrogens is 2. The van der Waals surface area contributed by atoms with Gasteiger partial charge in [-0.3, -0.25) is 10.1 Å². The van der Waals surface area contributed by atoms with Gasteiger partial charge in [0, 0.05) is 30.1 Å². The number of hydrogen-bond acceptors (Lipinski definition) is 5. The van der Waals surface area contributed by atoms with Gasteiger partial charge in [-0.2, -0.15) is 0 Å². The van der Waals surface area contributed by atoms with E-state index in [2.05, 4.69) is 9.97 Å². The first kappa shape index (κ1) is 11.6. The lowest BCUT2D eigenvalue weighted by Crippen LogP contribution is -1.99. The number of nitro groups is 1. The van der Waals surface area contributed by atoms with Crippen LogP contribution < -0.4 is 0 Å². The van der Waals surface area contributed by atoms with Gasteiger partial charge in [0.25, 0.3) is 5.69 Å². The molecule has 90 valence electrons. The highest BCUT2D eigenvalue weighted by Crippen LogP contribution is 2.18. The maximum Gasteiger partial charge on any atom is 0.338 e. The quantitative estimate of drug-likeness (QED) is 0.652. The van der Waals surface area contributed by atoms with E-state index in [0.717, 1.165) is 0 Å². The van der Waals surface area contributed by atoms with Crippen molar-refractivity contribution in [3.8, 4) is 11.4 Å². The van der Waals surface area contributed by atoms with Crippen LogP contribution in [0.5, 0.6) is 0 Å². The van der Waals surface area contributed by atoms with Crippen LogP contribution in [-0.2, 0) is 0 Å². The Hall–Kier alpha value is -2.83. The predicted octanol–water partition coefficient (Wildman–Crippen LogP) is 1.75. The van der Waals surface area contributed by atoms with Crippen LogP contribution in [0.15, 0.2) is 36.7 Å². The van der Waals surface area contributed by atoms with E-state index < -0.39 is 10.9 Å². The minimum Gasteiger partial charge on any atom is -0.478 e. The largest absolute Gasteiger partial charge is 0.478 e. The van der Waals surface area contributed by atoms with Crippen LogP contribution in [0.2, 0.25) is 0 Å². The molecular weight excluding hydrogens is 238 g/mol. The molecule has 1 N–H and O–H groups in total. The summed E-state index contributed by atoms with van der Waals surface area (Å²) in [6.45, 7) is 0. The summed E-state index contributed by atoms with van der Waals surface area (Å²) in [5, 5.41) is 19.2. The van der Waals surface area contributed by atoms with Crippen LogP contribution in [-0.4, -0.2) is 26.0 Å². The third kappa shape index (κ3) is 2.29. The summed E-state index contributed by atoms with van der Waals surface area (Å²) < 4.78 is 0. The number of nitro benzene ring substituents is 1. The molecule has 0 saturated heterocycles. The van der Waals surface area contributed by atoms with Crippen LogP contribution in [0.3, 0.4) is 0 Å². The summed E-state index contributed by atoms with van der Waals surface area (Å²) >= 11 is 0. The van der Waals surface area contributed by atoms with Gasteiger partial charge in [0.2, 0.25) is 0 Å². The Bertz CT molecular complexity index is 537. The van der Waals surface area contributed by atoms with Crippen molar-refractivity contribution in [2.45, 2.75) is 0 Å². The Balaban J connectivity index is 2.31. The molecule has 0 atom stereocenters. The van der Waals surface area contributed by atoms with Gasteiger partial charge in [-0.1, -0.05) is 0 Å². The fourth-order valence-corrected chi connectivity index (χ4v) is 1.32. The second-order valence-corrected chi connectivity index (χ2v) is 3.40. The van der Waals surface area contributed by atoms with Crippen molar-refractivity contribution in [3.63, 3.8) is 0 Å². The van der Waals surface area contributed by atoms with Crippen molar-refractivity contribution < 1.29 is 14.8 Å². The van der Waals surface area contributed by atoms with E-state index in [0.29, 0.717) is 11.4 Å². The van der Waals surface area contributed by atoms with Crippen LogP contribution in [0.25, 0.3) is 11.4 Å². The maximum atomic E-state index is 10.6. The molecule has 1 aromatic carbocycles. The van der Waals surface area contributed by atoms with Gasteiger partial charge in [0.15, 0.2) is 5.82 Å². The minimum absolute atomic E-state index is 0.0133. The zero-order valence-corrected chi connectivity index (χ0v) is 8.98. The Kier molecular flexibility index (Phi) is 2.96. The van der Waals surface area contributed by atoms with E-state index in [4.69, 9.17) is 5.11 Å². The highest BCUT2D eigenvalue weighted by Gasteiger charge is 2.08. The van der Waals surface area contributed by atoms with Crippen LogP contribution >= 0.6 is 0 Å². The van der Waals surface area contributed by atoms with Crippen LogP contribution in [0, 0.1) is 10.1 Å². The number of carboxylic acids is 1. The van der Waals surface area contributed by atoms with Crippen molar-refractivity contribution in [2.24, 2.45) is 0 Å². The van der Waals surface area contributed by atoms with Gasteiger partial charge < -0.3 is 5.11 Å². The average Bonchev–Trinajstić information content (AvgIpc) is 2.39.